The highest BCUT2D eigenvalue weighted by atomic mass is 32.1. The number of aromatic nitrogens is 1. The SMILES string of the molecule is CNC(=O)c1sc2nccc(C)c2c1C. The van der Waals surface area contributed by atoms with Crippen molar-refractivity contribution in [3.05, 3.63) is 28.3 Å². The van der Waals surface area contributed by atoms with Gasteiger partial charge in [-0.05, 0) is 31.0 Å². The van der Waals surface area contributed by atoms with Crippen LogP contribution in [0.25, 0.3) is 10.2 Å². The van der Waals surface area contributed by atoms with Gasteiger partial charge in [0, 0.05) is 18.6 Å². The zero-order valence-electron chi connectivity index (χ0n) is 8.92. The second-order valence-electron chi connectivity index (χ2n) is 3.44. The molecule has 2 rings (SSSR count). The van der Waals surface area contributed by atoms with Crippen LogP contribution in [0, 0.1) is 13.8 Å². The lowest BCUT2D eigenvalue weighted by molar-refractivity contribution is 0.0966. The minimum Gasteiger partial charge on any atom is -0.354 e. The molecule has 4 heteroatoms. The molecule has 0 saturated carbocycles. The number of carbonyl (C=O) groups is 1. The van der Waals surface area contributed by atoms with E-state index in [9.17, 15) is 4.79 Å². The molecule has 2 aromatic heterocycles. The summed E-state index contributed by atoms with van der Waals surface area (Å²) in [6.45, 7) is 4.01. The predicted octanol–water partition coefficient (Wildman–Crippen LogP) is 2.27. The molecule has 0 atom stereocenters. The summed E-state index contributed by atoms with van der Waals surface area (Å²) in [5, 5.41) is 3.76. The van der Waals surface area contributed by atoms with E-state index in [4.69, 9.17) is 0 Å². The number of carbonyl (C=O) groups excluding carboxylic acids is 1. The Hall–Kier alpha value is -1.42. The summed E-state index contributed by atoms with van der Waals surface area (Å²) in [6, 6.07) is 1.97. The van der Waals surface area contributed by atoms with Gasteiger partial charge >= 0.3 is 0 Å². The van der Waals surface area contributed by atoms with Crippen LogP contribution in [0.2, 0.25) is 0 Å². The molecule has 3 nitrogen and oxygen atoms in total. The summed E-state index contributed by atoms with van der Waals surface area (Å²) < 4.78 is 0. The summed E-state index contributed by atoms with van der Waals surface area (Å²) in [5.74, 6) is -0.0325. The van der Waals surface area contributed by atoms with E-state index in [1.807, 2.05) is 19.9 Å². The van der Waals surface area contributed by atoms with Crippen molar-refractivity contribution in [1.29, 1.82) is 0 Å². The van der Waals surface area contributed by atoms with Gasteiger partial charge < -0.3 is 5.32 Å². The number of pyridine rings is 1. The zero-order valence-corrected chi connectivity index (χ0v) is 9.73. The number of nitrogens with one attached hydrogen (secondary N) is 1. The summed E-state index contributed by atoms with van der Waals surface area (Å²) in [5.41, 5.74) is 2.20. The van der Waals surface area contributed by atoms with Crippen molar-refractivity contribution in [2.75, 3.05) is 7.05 Å². The molecule has 1 N–H and O–H groups in total. The summed E-state index contributed by atoms with van der Waals surface area (Å²) in [6.07, 6.45) is 1.78. The Bertz CT molecular complexity index is 531. The first-order valence-electron chi connectivity index (χ1n) is 4.72. The molecule has 0 fully saturated rings. The minimum atomic E-state index is -0.0325. The van der Waals surface area contributed by atoms with Crippen molar-refractivity contribution in [2.24, 2.45) is 0 Å². The van der Waals surface area contributed by atoms with E-state index in [1.165, 1.54) is 16.9 Å². The quantitative estimate of drug-likeness (QED) is 0.801. The van der Waals surface area contributed by atoms with Gasteiger partial charge in [-0.3, -0.25) is 4.79 Å². The average molecular weight is 220 g/mol. The molecule has 2 heterocycles. The summed E-state index contributed by atoms with van der Waals surface area (Å²) in [4.78, 5) is 17.6. The molecule has 78 valence electrons. The van der Waals surface area contributed by atoms with Crippen LogP contribution in [-0.4, -0.2) is 17.9 Å². The number of rotatable bonds is 1. The maximum atomic E-state index is 11.6. The highest BCUT2D eigenvalue weighted by Gasteiger charge is 2.15. The van der Waals surface area contributed by atoms with Crippen molar-refractivity contribution in [1.82, 2.24) is 10.3 Å². The fourth-order valence-electron chi connectivity index (χ4n) is 1.68. The molecular weight excluding hydrogens is 208 g/mol. The van der Waals surface area contributed by atoms with E-state index >= 15 is 0 Å². The molecule has 2 aromatic rings. The van der Waals surface area contributed by atoms with E-state index in [0.717, 1.165) is 20.7 Å². The Morgan fingerprint density at radius 2 is 2.20 bits per heavy atom. The van der Waals surface area contributed by atoms with Gasteiger partial charge in [0.25, 0.3) is 5.91 Å². The van der Waals surface area contributed by atoms with Crippen LogP contribution in [0.1, 0.15) is 20.8 Å². The maximum absolute atomic E-state index is 11.6. The summed E-state index contributed by atoms with van der Waals surface area (Å²) in [7, 11) is 1.65. The topological polar surface area (TPSA) is 42.0 Å². The molecular formula is C11H12N2OS. The number of hydrogen-bond acceptors (Lipinski definition) is 3. The molecule has 0 radical (unpaired) electrons. The smallest absolute Gasteiger partial charge is 0.261 e. The Kier molecular flexibility index (Phi) is 2.44. The van der Waals surface area contributed by atoms with E-state index < -0.39 is 0 Å². The standard InChI is InChI=1S/C11H12N2OS/c1-6-4-5-13-11-8(6)7(2)9(15-11)10(14)12-3/h4-5H,1-3H3,(H,12,14). The third-order valence-corrected chi connectivity index (χ3v) is 3.67. The van der Waals surface area contributed by atoms with Crippen LogP contribution >= 0.6 is 11.3 Å². The van der Waals surface area contributed by atoms with E-state index in [2.05, 4.69) is 10.3 Å². The van der Waals surface area contributed by atoms with Crippen molar-refractivity contribution < 1.29 is 4.79 Å². The van der Waals surface area contributed by atoms with Gasteiger partial charge in [-0.25, -0.2) is 4.98 Å². The molecule has 0 aliphatic heterocycles. The van der Waals surface area contributed by atoms with Crippen molar-refractivity contribution in [2.45, 2.75) is 13.8 Å². The average Bonchev–Trinajstić information content (AvgIpc) is 2.56. The molecule has 0 unspecified atom stereocenters. The zero-order chi connectivity index (χ0) is 11.0. The normalized spacial score (nSPS) is 10.6. The van der Waals surface area contributed by atoms with Crippen LogP contribution < -0.4 is 5.32 Å². The van der Waals surface area contributed by atoms with Crippen LogP contribution in [0.3, 0.4) is 0 Å². The van der Waals surface area contributed by atoms with E-state index in [-0.39, 0.29) is 5.91 Å². The molecule has 15 heavy (non-hydrogen) atoms. The van der Waals surface area contributed by atoms with Gasteiger partial charge in [0.15, 0.2) is 0 Å². The first-order chi connectivity index (χ1) is 7.15. The van der Waals surface area contributed by atoms with Gasteiger partial charge in [-0.15, -0.1) is 11.3 Å². The molecule has 0 spiro atoms. The second kappa shape index (κ2) is 3.62. The third kappa shape index (κ3) is 1.51. The lowest BCUT2D eigenvalue weighted by Crippen LogP contribution is -2.17. The monoisotopic (exact) mass is 220 g/mol. The molecule has 0 aromatic carbocycles. The summed E-state index contributed by atoms with van der Waals surface area (Å²) >= 11 is 1.45. The van der Waals surface area contributed by atoms with Crippen molar-refractivity contribution in [3.8, 4) is 0 Å². The Morgan fingerprint density at radius 3 is 2.80 bits per heavy atom. The van der Waals surface area contributed by atoms with Gasteiger partial charge in [-0.1, -0.05) is 0 Å². The van der Waals surface area contributed by atoms with E-state index in [0.29, 0.717) is 0 Å². The fourth-order valence-corrected chi connectivity index (χ4v) is 2.86. The maximum Gasteiger partial charge on any atom is 0.261 e. The molecule has 0 bridgehead atoms. The Balaban J connectivity index is 2.75. The molecule has 1 amide bonds. The van der Waals surface area contributed by atoms with Gasteiger partial charge in [0.2, 0.25) is 0 Å². The van der Waals surface area contributed by atoms with Gasteiger partial charge in [0.1, 0.15) is 4.83 Å². The Labute approximate surface area is 92.1 Å². The minimum absolute atomic E-state index is 0.0325. The van der Waals surface area contributed by atoms with Gasteiger partial charge in [0.05, 0.1) is 4.88 Å². The predicted molar refractivity (Wildman–Crippen MR) is 62.5 cm³/mol. The van der Waals surface area contributed by atoms with Crippen LogP contribution in [0.4, 0.5) is 0 Å². The first kappa shape index (κ1) is 10.1. The number of aryl methyl sites for hydroxylation is 2. The van der Waals surface area contributed by atoms with Crippen LogP contribution in [0.15, 0.2) is 12.3 Å². The number of nitrogens with zero attached hydrogens (tertiary/aromatic N) is 1. The first-order valence-corrected chi connectivity index (χ1v) is 5.53. The third-order valence-electron chi connectivity index (χ3n) is 2.47. The Morgan fingerprint density at radius 1 is 1.47 bits per heavy atom. The molecule has 0 aliphatic carbocycles. The fraction of sp³-hybridized carbons (Fsp3) is 0.273. The van der Waals surface area contributed by atoms with Crippen LogP contribution in [0.5, 0.6) is 0 Å². The van der Waals surface area contributed by atoms with Crippen LogP contribution in [-0.2, 0) is 0 Å². The van der Waals surface area contributed by atoms with Crippen molar-refractivity contribution >= 4 is 27.5 Å². The number of amides is 1. The van der Waals surface area contributed by atoms with Gasteiger partial charge in [-0.2, -0.15) is 0 Å². The lowest BCUT2D eigenvalue weighted by Gasteiger charge is -1.98. The second-order valence-corrected chi connectivity index (χ2v) is 4.44. The number of fused-ring (bicyclic) bond motifs is 1. The number of hydrogen-bond donors (Lipinski definition) is 1. The highest BCUT2D eigenvalue weighted by Crippen LogP contribution is 2.31. The highest BCUT2D eigenvalue weighted by molar-refractivity contribution is 7.20. The molecule has 0 saturated heterocycles. The molecule has 0 aliphatic rings. The lowest BCUT2D eigenvalue weighted by atomic mass is 10.1. The largest absolute Gasteiger partial charge is 0.354 e. The van der Waals surface area contributed by atoms with Crippen molar-refractivity contribution in [3.63, 3.8) is 0 Å². The van der Waals surface area contributed by atoms with E-state index in [1.54, 1.807) is 13.2 Å². The number of thiophene rings is 1.